The van der Waals surface area contributed by atoms with Crippen molar-refractivity contribution >= 4 is 17.5 Å². The Hall–Kier alpha value is -3.30. The van der Waals surface area contributed by atoms with Gasteiger partial charge in [-0.25, -0.2) is 0 Å². The van der Waals surface area contributed by atoms with Gasteiger partial charge in [0.15, 0.2) is 11.5 Å². The van der Waals surface area contributed by atoms with E-state index in [9.17, 15) is 14.7 Å². The monoisotopic (exact) mass is 468 g/mol. The Morgan fingerprint density at radius 3 is 2.74 bits per heavy atom. The highest BCUT2D eigenvalue weighted by Gasteiger charge is 2.46. The van der Waals surface area contributed by atoms with Crippen molar-refractivity contribution in [3.05, 3.63) is 47.5 Å². The highest BCUT2D eigenvalue weighted by molar-refractivity contribution is 6.04. The van der Waals surface area contributed by atoms with Gasteiger partial charge in [0.1, 0.15) is 18.0 Å². The molecule has 2 amide bonds. The smallest absolute Gasteiger partial charge is 0.255 e. The van der Waals surface area contributed by atoms with E-state index in [1.807, 2.05) is 19.1 Å². The lowest BCUT2D eigenvalue weighted by atomic mass is 9.84. The Balaban J connectivity index is 1.31. The van der Waals surface area contributed by atoms with Crippen LogP contribution in [0.2, 0.25) is 0 Å². The lowest BCUT2D eigenvalue weighted by Crippen LogP contribution is -2.47. The maximum Gasteiger partial charge on any atom is 0.255 e. The van der Waals surface area contributed by atoms with Crippen LogP contribution in [0.4, 0.5) is 5.69 Å². The molecule has 0 radical (unpaired) electrons. The van der Waals surface area contributed by atoms with Gasteiger partial charge in [-0.3, -0.25) is 9.59 Å². The molecule has 3 N–H and O–H groups in total. The summed E-state index contributed by atoms with van der Waals surface area (Å²) in [6.07, 6.45) is 0.500. The number of hydrogen-bond donors (Lipinski definition) is 3. The quantitative estimate of drug-likeness (QED) is 0.572. The fourth-order valence-corrected chi connectivity index (χ4v) is 4.75. The number of carbonyl (C=O) groups excluding carboxylic acids is 2. The molecule has 3 aliphatic heterocycles. The molecule has 5 rings (SSSR count). The summed E-state index contributed by atoms with van der Waals surface area (Å²) in [6, 6.07) is 10.6. The van der Waals surface area contributed by atoms with Crippen LogP contribution >= 0.6 is 0 Å². The molecule has 0 bridgehead atoms. The van der Waals surface area contributed by atoms with Crippen LogP contribution in [0.15, 0.2) is 36.4 Å². The lowest BCUT2D eigenvalue weighted by Gasteiger charge is -2.37. The third-order valence-corrected chi connectivity index (χ3v) is 6.38. The molecule has 4 atom stereocenters. The van der Waals surface area contributed by atoms with Gasteiger partial charge in [0.2, 0.25) is 12.7 Å². The van der Waals surface area contributed by atoms with E-state index in [0.29, 0.717) is 41.5 Å². The van der Waals surface area contributed by atoms with Crippen molar-refractivity contribution < 1.29 is 33.6 Å². The van der Waals surface area contributed by atoms with Crippen LogP contribution in [-0.4, -0.2) is 55.2 Å². The van der Waals surface area contributed by atoms with Gasteiger partial charge >= 0.3 is 0 Å². The van der Waals surface area contributed by atoms with E-state index in [1.165, 1.54) is 0 Å². The molecule has 9 nitrogen and oxygen atoms in total. The number of aliphatic hydroxyl groups excluding tert-OH is 1. The Morgan fingerprint density at radius 1 is 1.09 bits per heavy atom. The molecular formula is C25H28N2O7. The van der Waals surface area contributed by atoms with Crippen LogP contribution in [-0.2, 0) is 9.53 Å². The SMILES string of the molecule is CCCNC(=O)C[C@H]1C[C@@H]2c3cc(NC(=O)c4ccc5c(c4)OCO5)ccc3O[C@@H]2[C@H](CO)O1. The van der Waals surface area contributed by atoms with E-state index < -0.39 is 6.10 Å². The molecule has 3 heterocycles. The summed E-state index contributed by atoms with van der Waals surface area (Å²) in [6.45, 7) is 2.57. The van der Waals surface area contributed by atoms with E-state index in [1.54, 1.807) is 24.3 Å². The average molecular weight is 469 g/mol. The van der Waals surface area contributed by atoms with Gasteiger partial charge in [0.05, 0.1) is 19.1 Å². The van der Waals surface area contributed by atoms with Gasteiger partial charge in [0.25, 0.3) is 5.91 Å². The van der Waals surface area contributed by atoms with Crippen LogP contribution in [0, 0.1) is 0 Å². The number of nitrogens with one attached hydrogen (secondary N) is 2. The van der Waals surface area contributed by atoms with Gasteiger partial charge in [-0.2, -0.15) is 0 Å². The predicted molar refractivity (Wildman–Crippen MR) is 122 cm³/mol. The number of amides is 2. The summed E-state index contributed by atoms with van der Waals surface area (Å²) in [5.41, 5.74) is 2.03. The summed E-state index contributed by atoms with van der Waals surface area (Å²) >= 11 is 0. The molecule has 0 unspecified atom stereocenters. The Bertz CT molecular complexity index is 1090. The van der Waals surface area contributed by atoms with Crippen molar-refractivity contribution in [2.75, 3.05) is 25.3 Å². The summed E-state index contributed by atoms with van der Waals surface area (Å²) in [5, 5.41) is 15.7. The molecule has 0 aliphatic carbocycles. The van der Waals surface area contributed by atoms with Gasteiger partial charge < -0.3 is 34.7 Å². The number of aliphatic hydroxyl groups is 1. The van der Waals surface area contributed by atoms with Gasteiger partial charge in [-0.15, -0.1) is 0 Å². The van der Waals surface area contributed by atoms with E-state index in [0.717, 1.165) is 12.0 Å². The topological polar surface area (TPSA) is 115 Å². The standard InChI is InChI=1S/C25H28N2O7/c1-2-7-26-23(29)11-16-10-18-17-9-15(4-6-19(17)34-24(18)22(12-28)33-16)27-25(30)14-3-5-20-21(8-14)32-13-31-20/h3-6,8-9,16,18,22,24,28H,2,7,10-13H2,1H3,(H,26,29)(H,27,30)/t16-,18-,22+,24+/m1/s1. The van der Waals surface area contributed by atoms with Crippen LogP contribution in [0.5, 0.6) is 17.2 Å². The second-order valence-corrected chi connectivity index (χ2v) is 8.73. The molecule has 0 spiro atoms. The molecule has 0 aromatic heterocycles. The Morgan fingerprint density at radius 2 is 1.91 bits per heavy atom. The zero-order valence-electron chi connectivity index (χ0n) is 18.9. The maximum absolute atomic E-state index is 12.8. The van der Waals surface area contributed by atoms with Crippen molar-refractivity contribution in [1.82, 2.24) is 5.32 Å². The molecule has 1 saturated heterocycles. The molecule has 180 valence electrons. The first-order valence-corrected chi connectivity index (χ1v) is 11.6. The Kier molecular flexibility index (Phi) is 6.30. The highest BCUT2D eigenvalue weighted by atomic mass is 16.7. The largest absolute Gasteiger partial charge is 0.487 e. The third kappa shape index (κ3) is 4.41. The van der Waals surface area contributed by atoms with Gasteiger partial charge in [-0.05, 0) is 49.2 Å². The van der Waals surface area contributed by atoms with Crippen molar-refractivity contribution in [3.63, 3.8) is 0 Å². The minimum absolute atomic E-state index is 0.0488. The molecule has 1 fully saturated rings. The molecule has 3 aliphatic rings. The molecule has 9 heteroatoms. The minimum atomic E-state index is -0.526. The van der Waals surface area contributed by atoms with Crippen LogP contribution in [0.3, 0.4) is 0 Å². The van der Waals surface area contributed by atoms with Gasteiger partial charge in [0, 0.05) is 29.3 Å². The molecule has 34 heavy (non-hydrogen) atoms. The van der Waals surface area contributed by atoms with E-state index in [-0.39, 0.29) is 49.8 Å². The van der Waals surface area contributed by atoms with Crippen LogP contribution < -0.4 is 24.8 Å². The van der Waals surface area contributed by atoms with Crippen molar-refractivity contribution in [2.24, 2.45) is 0 Å². The number of ether oxygens (including phenoxy) is 4. The fourth-order valence-electron chi connectivity index (χ4n) is 4.75. The van der Waals surface area contributed by atoms with Crippen LogP contribution in [0.1, 0.15) is 48.0 Å². The fraction of sp³-hybridized carbons (Fsp3) is 0.440. The Labute approximate surface area is 197 Å². The first kappa shape index (κ1) is 22.5. The average Bonchev–Trinajstić information content (AvgIpc) is 3.46. The summed E-state index contributed by atoms with van der Waals surface area (Å²) in [7, 11) is 0. The number of fused-ring (bicyclic) bond motifs is 4. The summed E-state index contributed by atoms with van der Waals surface area (Å²) in [5.74, 6) is 1.49. The van der Waals surface area contributed by atoms with E-state index in [2.05, 4.69) is 10.6 Å². The number of rotatable bonds is 7. The molecule has 2 aromatic carbocycles. The summed E-state index contributed by atoms with van der Waals surface area (Å²) < 4.78 is 22.8. The summed E-state index contributed by atoms with van der Waals surface area (Å²) in [4.78, 5) is 25.1. The van der Waals surface area contributed by atoms with Crippen molar-refractivity contribution in [2.45, 2.75) is 50.4 Å². The maximum atomic E-state index is 12.8. The normalized spacial score (nSPS) is 24.1. The van der Waals surface area contributed by atoms with E-state index >= 15 is 0 Å². The first-order valence-electron chi connectivity index (χ1n) is 11.6. The molecular weight excluding hydrogens is 440 g/mol. The zero-order valence-corrected chi connectivity index (χ0v) is 18.9. The van der Waals surface area contributed by atoms with Gasteiger partial charge in [-0.1, -0.05) is 6.92 Å². The first-order chi connectivity index (χ1) is 16.6. The lowest BCUT2D eigenvalue weighted by molar-refractivity contribution is -0.142. The number of hydrogen-bond acceptors (Lipinski definition) is 7. The predicted octanol–water partition coefficient (Wildman–Crippen LogP) is 2.58. The number of anilines is 1. The molecule has 2 aromatic rings. The van der Waals surface area contributed by atoms with Crippen LogP contribution in [0.25, 0.3) is 0 Å². The van der Waals surface area contributed by atoms with Crippen molar-refractivity contribution in [1.29, 1.82) is 0 Å². The minimum Gasteiger partial charge on any atom is -0.487 e. The zero-order chi connectivity index (χ0) is 23.7. The van der Waals surface area contributed by atoms with E-state index in [4.69, 9.17) is 18.9 Å². The highest BCUT2D eigenvalue weighted by Crippen LogP contribution is 2.47. The second kappa shape index (κ2) is 9.52. The third-order valence-electron chi connectivity index (χ3n) is 6.38. The number of carbonyl (C=O) groups is 2. The molecule has 0 saturated carbocycles. The second-order valence-electron chi connectivity index (χ2n) is 8.73. The number of benzene rings is 2. The van der Waals surface area contributed by atoms with Crippen molar-refractivity contribution in [3.8, 4) is 17.2 Å².